The number of ether oxygens (including phenoxy) is 3. The van der Waals surface area contributed by atoms with Gasteiger partial charge in [-0.2, -0.15) is 0 Å². The van der Waals surface area contributed by atoms with Crippen LogP contribution in [-0.4, -0.2) is 19.5 Å². The summed E-state index contributed by atoms with van der Waals surface area (Å²) in [5.74, 6) is 4.01. The summed E-state index contributed by atoms with van der Waals surface area (Å²) in [4.78, 5) is 0. The number of fused-ring (bicyclic) bond motifs is 3. The molecule has 0 N–H and O–H groups in total. The van der Waals surface area contributed by atoms with Crippen molar-refractivity contribution in [1.29, 1.82) is 0 Å². The molecule has 3 aliphatic carbocycles. The van der Waals surface area contributed by atoms with Gasteiger partial charge < -0.3 is 14.2 Å². The number of rotatable bonds is 11. The summed E-state index contributed by atoms with van der Waals surface area (Å²) in [6, 6.07) is 17.4. The second-order valence-corrected chi connectivity index (χ2v) is 11.3. The van der Waals surface area contributed by atoms with E-state index < -0.39 is 0 Å². The minimum absolute atomic E-state index is 0.157. The molecule has 0 spiro atoms. The van der Waals surface area contributed by atoms with Crippen molar-refractivity contribution < 1.29 is 14.2 Å². The van der Waals surface area contributed by atoms with Crippen LogP contribution in [0.4, 0.5) is 0 Å². The van der Waals surface area contributed by atoms with E-state index in [0.717, 1.165) is 36.7 Å². The normalized spacial score (nSPS) is 24.7. The zero-order valence-corrected chi connectivity index (χ0v) is 21.8. The van der Waals surface area contributed by atoms with Gasteiger partial charge in [-0.05, 0) is 98.5 Å². The lowest BCUT2D eigenvalue weighted by molar-refractivity contribution is -0.160. The van der Waals surface area contributed by atoms with Gasteiger partial charge in [-0.1, -0.05) is 57.2 Å². The van der Waals surface area contributed by atoms with E-state index in [4.69, 9.17) is 14.2 Å². The zero-order chi connectivity index (χ0) is 24.3. The van der Waals surface area contributed by atoms with Crippen molar-refractivity contribution in [3.63, 3.8) is 0 Å². The third-order valence-corrected chi connectivity index (χ3v) is 8.73. The SMILES string of the molecule is CCC(c1ccc(OC(OCCOC2=CCCc3ccccc32)C23CCC(CC2)C3)cc1)C(C)C. The first-order valence-corrected chi connectivity index (χ1v) is 13.9. The fraction of sp³-hybridized carbons (Fsp3) is 0.562. The molecule has 2 bridgehead atoms. The Balaban J connectivity index is 1.23. The molecule has 2 atom stereocenters. The van der Waals surface area contributed by atoms with Gasteiger partial charge in [0.05, 0.1) is 6.61 Å². The summed E-state index contributed by atoms with van der Waals surface area (Å²) in [5, 5.41) is 0. The average Bonchev–Trinajstić information content (AvgIpc) is 3.50. The van der Waals surface area contributed by atoms with E-state index in [1.807, 2.05) is 0 Å². The van der Waals surface area contributed by atoms with Gasteiger partial charge in [-0.15, -0.1) is 0 Å². The lowest BCUT2D eigenvalue weighted by Gasteiger charge is -2.35. The monoisotopic (exact) mass is 474 g/mol. The van der Waals surface area contributed by atoms with Gasteiger partial charge in [-0.25, -0.2) is 0 Å². The summed E-state index contributed by atoms with van der Waals surface area (Å²) in [6.45, 7) is 7.98. The molecule has 2 aromatic carbocycles. The fourth-order valence-corrected chi connectivity index (χ4v) is 6.80. The average molecular weight is 475 g/mol. The van der Waals surface area contributed by atoms with Crippen molar-refractivity contribution in [2.45, 2.75) is 84.3 Å². The highest BCUT2D eigenvalue weighted by Crippen LogP contribution is 2.57. The zero-order valence-electron chi connectivity index (χ0n) is 21.8. The molecule has 0 aromatic heterocycles. The molecule has 3 aliphatic rings. The molecule has 2 saturated carbocycles. The van der Waals surface area contributed by atoms with E-state index >= 15 is 0 Å². The van der Waals surface area contributed by atoms with Crippen molar-refractivity contribution in [3.05, 3.63) is 71.3 Å². The Morgan fingerprint density at radius 1 is 0.971 bits per heavy atom. The summed E-state index contributed by atoms with van der Waals surface area (Å²) < 4.78 is 19.3. The molecule has 0 aliphatic heterocycles. The van der Waals surface area contributed by atoms with Crippen molar-refractivity contribution in [2.24, 2.45) is 17.3 Å². The Bertz CT molecular complexity index is 998. The van der Waals surface area contributed by atoms with Crippen LogP contribution in [0.1, 0.15) is 88.3 Å². The van der Waals surface area contributed by atoms with Crippen LogP contribution < -0.4 is 4.74 Å². The summed E-state index contributed by atoms with van der Waals surface area (Å²) in [7, 11) is 0. The molecule has 0 radical (unpaired) electrons. The van der Waals surface area contributed by atoms with Gasteiger partial charge >= 0.3 is 0 Å². The summed E-state index contributed by atoms with van der Waals surface area (Å²) >= 11 is 0. The molecule has 2 fully saturated rings. The molecule has 0 amide bonds. The van der Waals surface area contributed by atoms with Gasteiger partial charge in [0.15, 0.2) is 0 Å². The number of allylic oxidation sites excluding steroid dienone is 1. The highest BCUT2D eigenvalue weighted by molar-refractivity contribution is 5.65. The van der Waals surface area contributed by atoms with Crippen LogP contribution in [-0.2, 0) is 15.9 Å². The van der Waals surface area contributed by atoms with Crippen LogP contribution in [0, 0.1) is 17.3 Å². The van der Waals surface area contributed by atoms with E-state index in [0.29, 0.717) is 25.0 Å². The first-order chi connectivity index (χ1) is 17.1. The minimum atomic E-state index is -0.204. The third kappa shape index (κ3) is 5.31. The summed E-state index contributed by atoms with van der Waals surface area (Å²) in [6.07, 6.45) is 11.6. The molecular weight excluding hydrogens is 432 g/mol. The molecule has 0 saturated heterocycles. The number of hydrogen-bond donors (Lipinski definition) is 0. The number of aryl methyl sites for hydroxylation is 1. The molecule has 188 valence electrons. The maximum Gasteiger partial charge on any atom is 0.205 e. The lowest BCUT2D eigenvalue weighted by Crippen LogP contribution is -2.39. The van der Waals surface area contributed by atoms with E-state index in [9.17, 15) is 0 Å². The fourth-order valence-electron chi connectivity index (χ4n) is 6.80. The van der Waals surface area contributed by atoms with Gasteiger partial charge in [-0.3, -0.25) is 0 Å². The van der Waals surface area contributed by atoms with Crippen molar-refractivity contribution in [3.8, 4) is 5.75 Å². The number of benzene rings is 2. The highest BCUT2D eigenvalue weighted by atomic mass is 16.7. The molecule has 2 aromatic rings. The van der Waals surface area contributed by atoms with Crippen LogP contribution >= 0.6 is 0 Å². The molecule has 0 heterocycles. The minimum Gasteiger partial charge on any atom is -0.491 e. The van der Waals surface area contributed by atoms with Gasteiger partial charge in [0.2, 0.25) is 6.29 Å². The van der Waals surface area contributed by atoms with Crippen LogP contribution in [0.15, 0.2) is 54.6 Å². The van der Waals surface area contributed by atoms with Crippen LogP contribution in [0.2, 0.25) is 0 Å². The van der Waals surface area contributed by atoms with Crippen LogP contribution in [0.25, 0.3) is 5.76 Å². The predicted octanol–water partition coefficient (Wildman–Crippen LogP) is 8.14. The van der Waals surface area contributed by atoms with Gasteiger partial charge in [0.25, 0.3) is 0 Å². The second kappa shape index (κ2) is 10.8. The van der Waals surface area contributed by atoms with Crippen molar-refractivity contribution in [2.75, 3.05) is 13.2 Å². The third-order valence-electron chi connectivity index (χ3n) is 8.73. The van der Waals surface area contributed by atoms with Gasteiger partial charge in [0, 0.05) is 11.0 Å². The van der Waals surface area contributed by atoms with Gasteiger partial charge in [0.1, 0.15) is 18.1 Å². The van der Waals surface area contributed by atoms with E-state index in [1.54, 1.807) is 0 Å². The maximum atomic E-state index is 6.60. The predicted molar refractivity (Wildman–Crippen MR) is 142 cm³/mol. The smallest absolute Gasteiger partial charge is 0.205 e. The molecule has 35 heavy (non-hydrogen) atoms. The Kier molecular flexibility index (Phi) is 7.53. The standard InChI is InChI=1S/C32H42O3/c1-4-28(23(2)3)26-12-14-27(15-13-26)35-31(32-18-16-24(22-32)17-19-32)34-21-20-33-30-11-7-9-25-8-5-6-10-29(25)30/h5-6,8,10-15,23-24,28,31H,4,7,9,16-22H2,1-3H3. The first kappa shape index (κ1) is 24.4. The molecule has 3 nitrogen and oxygen atoms in total. The molecule has 2 unspecified atom stereocenters. The second-order valence-electron chi connectivity index (χ2n) is 11.3. The molecule has 5 rings (SSSR count). The van der Waals surface area contributed by atoms with Crippen molar-refractivity contribution >= 4 is 5.76 Å². The summed E-state index contributed by atoms with van der Waals surface area (Å²) in [5.41, 5.74) is 4.16. The topological polar surface area (TPSA) is 27.7 Å². The first-order valence-electron chi connectivity index (χ1n) is 13.9. The van der Waals surface area contributed by atoms with E-state index in [2.05, 4.69) is 75.4 Å². The Morgan fingerprint density at radius 2 is 1.74 bits per heavy atom. The Hall–Kier alpha value is -2.26. The van der Waals surface area contributed by atoms with E-state index in [1.165, 1.54) is 48.8 Å². The number of hydrogen-bond acceptors (Lipinski definition) is 3. The Morgan fingerprint density at radius 3 is 2.43 bits per heavy atom. The van der Waals surface area contributed by atoms with Crippen LogP contribution in [0.3, 0.4) is 0 Å². The molecular formula is C32H42O3. The molecule has 3 heteroatoms. The quantitative estimate of drug-likeness (QED) is 0.243. The lowest BCUT2D eigenvalue weighted by atomic mass is 9.83. The largest absolute Gasteiger partial charge is 0.491 e. The highest BCUT2D eigenvalue weighted by Gasteiger charge is 2.51. The Labute approximate surface area is 211 Å². The van der Waals surface area contributed by atoms with Crippen LogP contribution in [0.5, 0.6) is 5.75 Å². The van der Waals surface area contributed by atoms with Crippen molar-refractivity contribution in [1.82, 2.24) is 0 Å². The maximum absolute atomic E-state index is 6.60. The van der Waals surface area contributed by atoms with E-state index in [-0.39, 0.29) is 11.7 Å².